The molecule has 1 heterocycles. The number of nitriles is 1. The van der Waals surface area contributed by atoms with Crippen molar-refractivity contribution in [3.05, 3.63) is 48.0 Å². The zero-order valence-corrected chi connectivity index (χ0v) is 17.8. The Morgan fingerprint density at radius 2 is 2.06 bits per heavy atom. The highest BCUT2D eigenvalue weighted by molar-refractivity contribution is 5.99. The number of urea groups is 1. The standard InChI is InChI=1S/C21H27N7O3/c1-14(2)9-18(20(30)28(3)12-22)27-19(29)15-5-4-6-16(10-15)26-21(31)24-8-7-17-11-23-13-25-17/h4-6,10-11,13-14,18H,7-9H2,1-3H3,(H,23,25)(H,27,29)(H2,24,26,31). The SMILES string of the molecule is CC(C)CC(NC(=O)c1cccc(NC(=O)NCCc2cnc[nH]2)c1)C(=O)N(C)C#N. The summed E-state index contributed by atoms with van der Waals surface area (Å²) >= 11 is 0. The van der Waals surface area contributed by atoms with Crippen molar-refractivity contribution >= 4 is 23.5 Å². The second kappa shape index (κ2) is 11.3. The summed E-state index contributed by atoms with van der Waals surface area (Å²) < 4.78 is 0. The molecule has 1 aromatic carbocycles. The molecule has 0 bridgehead atoms. The lowest BCUT2D eigenvalue weighted by Gasteiger charge is -2.21. The molecule has 2 aromatic rings. The molecule has 0 aliphatic rings. The summed E-state index contributed by atoms with van der Waals surface area (Å²) in [6.07, 6.45) is 6.03. The molecule has 0 fully saturated rings. The summed E-state index contributed by atoms with van der Waals surface area (Å²) in [5.41, 5.74) is 1.63. The van der Waals surface area contributed by atoms with E-state index >= 15 is 0 Å². The molecule has 31 heavy (non-hydrogen) atoms. The van der Waals surface area contributed by atoms with Crippen molar-refractivity contribution in [2.45, 2.75) is 32.7 Å². The van der Waals surface area contributed by atoms with Crippen LogP contribution in [0.5, 0.6) is 0 Å². The van der Waals surface area contributed by atoms with E-state index < -0.39 is 23.9 Å². The van der Waals surface area contributed by atoms with Crippen molar-refractivity contribution in [1.29, 1.82) is 5.26 Å². The molecule has 164 valence electrons. The van der Waals surface area contributed by atoms with Crippen LogP contribution in [0.15, 0.2) is 36.8 Å². The van der Waals surface area contributed by atoms with Gasteiger partial charge in [-0.3, -0.25) is 14.5 Å². The molecule has 1 aromatic heterocycles. The number of aromatic nitrogens is 2. The second-order valence-corrected chi connectivity index (χ2v) is 7.44. The van der Waals surface area contributed by atoms with Crippen molar-refractivity contribution < 1.29 is 14.4 Å². The van der Waals surface area contributed by atoms with E-state index in [2.05, 4.69) is 25.9 Å². The molecular weight excluding hydrogens is 398 g/mol. The molecule has 4 amide bonds. The van der Waals surface area contributed by atoms with Crippen LogP contribution in [-0.4, -0.2) is 52.3 Å². The number of carbonyl (C=O) groups excluding carboxylic acids is 3. The van der Waals surface area contributed by atoms with Crippen LogP contribution in [0.2, 0.25) is 0 Å². The van der Waals surface area contributed by atoms with Gasteiger partial charge in [0, 0.05) is 43.2 Å². The first-order valence-electron chi connectivity index (χ1n) is 9.90. The summed E-state index contributed by atoms with van der Waals surface area (Å²) in [5, 5.41) is 17.1. The van der Waals surface area contributed by atoms with E-state index in [1.807, 2.05) is 13.8 Å². The molecule has 0 radical (unpaired) electrons. The molecule has 10 nitrogen and oxygen atoms in total. The zero-order valence-electron chi connectivity index (χ0n) is 17.8. The Balaban J connectivity index is 1.96. The molecule has 0 aliphatic heterocycles. The molecule has 0 spiro atoms. The predicted molar refractivity (Wildman–Crippen MR) is 115 cm³/mol. The number of H-pyrrole nitrogens is 1. The number of hydrogen-bond donors (Lipinski definition) is 4. The third kappa shape index (κ3) is 7.47. The third-order valence-corrected chi connectivity index (χ3v) is 4.41. The van der Waals surface area contributed by atoms with E-state index in [0.717, 1.165) is 10.6 Å². The maximum atomic E-state index is 12.7. The average molecular weight is 425 g/mol. The van der Waals surface area contributed by atoms with Gasteiger partial charge in [0.05, 0.1) is 6.33 Å². The number of hydrogen-bond acceptors (Lipinski definition) is 5. The maximum Gasteiger partial charge on any atom is 0.319 e. The Kier molecular flexibility index (Phi) is 8.57. The fourth-order valence-electron chi connectivity index (χ4n) is 2.86. The molecule has 4 N–H and O–H groups in total. The normalized spacial score (nSPS) is 11.3. The van der Waals surface area contributed by atoms with Crippen LogP contribution in [0, 0.1) is 17.4 Å². The molecule has 1 unspecified atom stereocenters. The number of anilines is 1. The fraction of sp³-hybridized carbons (Fsp3) is 0.381. The van der Waals surface area contributed by atoms with Gasteiger partial charge in [0.25, 0.3) is 11.8 Å². The highest BCUT2D eigenvalue weighted by Crippen LogP contribution is 2.13. The minimum atomic E-state index is -0.820. The van der Waals surface area contributed by atoms with Crippen LogP contribution in [0.1, 0.15) is 36.3 Å². The van der Waals surface area contributed by atoms with Crippen LogP contribution in [0.3, 0.4) is 0 Å². The van der Waals surface area contributed by atoms with Gasteiger partial charge in [-0.05, 0) is 30.5 Å². The highest BCUT2D eigenvalue weighted by atomic mass is 16.2. The number of imidazole rings is 1. The first-order valence-corrected chi connectivity index (χ1v) is 9.90. The van der Waals surface area contributed by atoms with Gasteiger partial charge in [-0.15, -0.1) is 0 Å². The first-order chi connectivity index (χ1) is 14.8. The number of amides is 4. The third-order valence-electron chi connectivity index (χ3n) is 4.41. The number of aromatic amines is 1. The second-order valence-electron chi connectivity index (χ2n) is 7.44. The number of nitrogens with zero attached hydrogens (tertiary/aromatic N) is 3. The minimum absolute atomic E-state index is 0.139. The number of rotatable bonds is 9. The van der Waals surface area contributed by atoms with E-state index in [0.29, 0.717) is 25.1 Å². The molecule has 0 aliphatic carbocycles. The lowest BCUT2D eigenvalue weighted by molar-refractivity contribution is -0.129. The van der Waals surface area contributed by atoms with E-state index in [1.165, 1.54) is 13.1 Å². The summed E-state index contributed by atoms with van der Waals surface area (Å²) in [7, 11) is 1.36. The Hall–Kier alpha value is -3.87. The molecule has 0 saturated heterocycles. The van der Waals surface area contributed by atoms with Gasteiger partial charge in [0.15, 0.2) is 6.19 Å². The summed E-state index contributed by atoms with van der Waals surface area (Å²) in [4.78, 5) is 44.9. The summed E-state index contributed by atoms with van der Waals surface area (Å²) in [6, 6.07) is 5.18. The fourth-order valence-corrected chi connectivity index (χ4v) is 2.86. The van der Waals surface area contributed by atoms with Gasteiger partial charge >= 0.3 is 6.03 Å². The number of carbonyl (C=O) groups is 3. The molecule has 2 rings (SSSR count). The number of benzene rings is 1. The topological polar surface area (TPSA) is 143 Å². The Labute approximate surface area is 181 Å². The van der Waals surface area contributed by atoms with Crippen molar-refractivity contribution in [3.8, 4) is 6.19 Å². The molecule has 1 atom stereocenters. The Morgan fingerprint density at radius 3 is 2.71 bits per heavy atom. The smallest absolute Gasteiger partial charge is 0.319 e. The van der Waals surface area contributed by atoms with Crippen LogP contribution in [0.4, 0.5) is 10.5 Å². The lowest BCUT2D eigenvalue weighted by atomic mass is 10.0. The van der Waals surface area contributed by atoms with Gasteiger partial charge in [0.1, 0.15) is 6.04 Å². The van der Waals surface area contributed by atoms with Crippen LogP contribution < -0.4 is 16.0 Å². The van der Waals surface area contributed by atoms with Crippen molar-refractivity contribution in [2.75, 3.05) is 18.9 Å². The summed E-state index contributed by atoms with van der Waals surface area (Å²) in [5.74, 6) is -0.802. The molecule has 10 heteroatoms. The van der Waals surface area contributed by atoms with Crippen molar-refractivity contribution in [2.24, 2.45) is 5.92 Å². The molecular formula is C21H27N7O3. The number of nitrogens with one attached hydrogen (secondary N) is 4. The van der Waals surface area contributed by atoms with Gasteiger partial charge in [-0.25, -0.2) is 9.78 Å². The van der Waals surface area contributed by atoms with Gasteiger partial charge in [-0.1, -0.05) is 19.9 Å². The van der Waals surface area contributed by atoms with E-state index in [1.54, 1.807) is 36.9 Å². The lowest BCUT2D eigenvalue weighted by Crippen LogP contribution is -2.46. The predicted octanol–water partition coefficient (Wildman–Crippen LogP) is 1.86. The summed E-state index contributed by atoms with van der Waals surface area (Å²) in [6.45, 7) is 4.27. The van der Waals surface area contributed by atoms with Crippen LogP contribution in [-0.2, 0) is 11.2 Å². The quantitative estimate of drug-likeness (QED) is 0.358. The average Bonchev–Trinajstić information content (AvgIpc) is 3.25. The van der Waals surface area contributed by atoms with Crippen LogP contribution >= 0.6 is 0 Å². The number of likely N-dealkylation sites (N-methyl/N-ethyl adjacent to an activating group) is 1. The monoisotopic (exact) mass is 425 g/mol. The van der Waals surface area contributed by atoms with E-state index in [-0.39, 0.29) is 11.5 Å². The zero-order chi connectivity index (χ0) is 22.8. The first kappa shape index (κ1) is 23.4. The minimum Gasteiger partial charge on any atom is -0.348 e. The van der Waals surface area contributed by atoms with Gasteiger partial charge in [-0.2, -0.15) is 5.26 Å². The highest BCUT2D eigenvalue weighted by Gasteiger charge is 2.25. The van der Waals surface area contributed by atoms with Crippen LogP contribution in [0.25, 0.3) is 0 Å². The molecule has 0 saturated carbocycles. The Bertz CT molecular complexity index is 935. The maximum absolute atomic E-state index is 12.7. The van der Waals surface area contributed by atoms with Crippen molar-refractivity contribution in [1.82, 2.24) is 25.5 Å². The van der Waals surface area contributed by atoms with Gasteiger partial charge < -0.3 is 20.9 Å². The van der Waals surface area contributed by atoms with E-state index in [4.69, 9.17) is 5.26 Å². The van der Waals surface area contributed by atoms with Gasteiger partial charge in [0.2, 0.25) is 0 Å². The van der Waals surface area contributed by atoms with E-state index in [9.17, 15) is 14.4 Å². The van der Waals surface area contributed by atoms with Crippen molar-refractivity contribution in [3.63, 3.8) is 0 Å². The Morgan fingerprint density at radius 1 is 1.29 bits per heavy atom. The largest absolute Gasteiger partial charge is 0.348 e.